The maximum atomic E-state index is 12.6. The maximum Gasteiger partial charge on any atom is 0.253 e. The van der Waals surface area contributed by atoms with Crippen LogP contribution in [-0.4, -0.2) is 48.9 Å². The molecule has 110 valence electrons. The molecule has 21 heavy (non-hydrogen) atoms. The molecule has 4 heteroatoms. The number of fused-ring (bicyclic) bond motifs is 1. The SMILES string of the molecule is CN(C)C1CCN(C(=O)c2ccc3cc(Br)ccc3c2)C1. The van der Waals surface area contributed by atoms with Crippen molar-refractivity contribution in [1.29, 1.82) is 0 Å². The van der Waals surface area contributed by atoms with Crippen LogP contribution in [0.4, 0.5) is 0 Å². The topological polar surface area (TPSA) is 23.6 Å². The lowest BCUT2D eigenvalue weighted by atomic mass is 10.1. The largest absolute Gasteiger partial charge is 0.337 e. The molecule has 2 aromatic carbocycles. The van der Waals surface area contributed by atoms with Gasteiger partial charge in [0.25, 0.3) is 5.91 Å². The van der Waals surface area contributed by atoms with Gasteiger partial charge in [-0.1, -0.05) is 28.1 Å². The van der Waals surface area contributed by atoms with Gasteiger partial charge in [-0.2, -0.15) is 0 Å². The second kappa shape index (κ2) is 5.78. The van der Waals surface area contributed by atoms with Gasteiger partial charge in [-0.25, -0.2) is 0 Å². The van der Waals surface area contributed by atoms with Crippen molar-refractivity contribution in [2.24, 2.45) is 0 Å². The number of benzene rings is 2. The highest BCUT2D eigenvalue weighted by Gasteiger charge is 2.28. The van der Waals surface area contributed by atoms with E-state index in [9.17, 15) is 4.79 Å². The molecule has 1 aliphatic rings. The quantitative estimate of drug-likeness (QED) is 0.832. The monoisotopic (exact) mass is 346 g/mol. The van der Waals surface area contributed by atoms with E-state index in [1.165, 1.54) is 0 Å². The van der Waals surface area contributed by atoms with Crippen LogP contribution in [0.15, 0.2) is 40.9 Å². The van der Waals surface area contributed by atoms with Gasteiger partial charge in [0, 0.05) is 29.2 Å². The Bertz CT molecular complexity index is 684. The molecule has 0 bridgehead atoms. The highest BCUT2D eigenvalue weighted by Crippen LogP contribution is 2.23. The average Bonchev–Trinajstić information content (AvgIpc) is 2.96. The van der Waals surface area contributed by atoms with E-state index in [0.717, 1.165) is 40.3 Å². The van der Waals surface area contributed by atoms with E-state index < -0.39 is 0 Å². The van der Waals surface area contributed by atoms with Gasteiger partial charge in [-0.15, -0.1) is 0 Å². The summed E-state index contributed by atoms with van der Waals surface area (Å²) >= 11 is 3.47. The van der Waals surface area contributed by atoms with Gasteiger partial charge in [0.05, 0.1) is 0 Å². The van der Waals surface area contributed by atoms with Crippen LogP contribution in [0, 0.1) is 0 Å². The molecule has 3 rings (SSSR count). The third kappa shape index (κ3) is 2.97. The van der Waals surface area contributed by atoms with Gasteiger partial charge in [0.15, 0.2) is 0 Å². The Morgan fingerprint density at radius 1 is 1.19 bits per heavy atom. The molecule has 1 atom stereocenters. The molecular formula is C17H19BrN2O. The zero-order chi connectivity index (χ0) is 15.0. The summed E-state index contributed by atoms with van der Waals surface area (Å²) in [5.74, 6) is 0.143. The molecular weight excluding hydrogens is 328 g/mol. The molecule has 0 spiro atoms. The van der Waals surface area contributed by atoms with Crippen LogP contribution in [0.3, 0.4) is 0 Å². The summed E-state index contributed by atoms with van der Waals surface area (Å²) in [5.41, 5.74) is 0.782. The molecule has 1 amide bonds. The van der Waals surface area contributed by atoms with Crippen LogP contribution in [0.2, 0.25) is 0 Å². The molecule has 1 fully saturated rings. The van der Waals surface area contributed by atoms with Crippen molar-refractivity contribution in [3.05, 3.63) is 46.4 Å². The number of likely N-dealkylation sites (N-methyl/N-ethyl adjacent to an activating group) is 1. The number of carbonyl (C=O) groups excluding carboxylic acids is 1. The van der Waals surface area contributed by atoms with Gasteiger partial charge >= 0.3 is 0 Å². The summed E-state index contributed by atoms with van der Waals surface area (Å²) in [6.07, 6.45) is 1.05. The lowest BCUT2D eigenvalue weighted by Crippen LogP contribution is -2.34. The third-order valence-electron chi connectivity index (χ3n) is 4.23. The fraction of sp³-hybridized carbons (Fsp3) is 0.353. The molecule has 0 aromatic heterocycles. The standard InChI is InChI=1S/C17H19BrN2O/c1-19(2)16-7-8-20(11-16)17(21)14-4-3-13-10-15(18)6-5-12(13)9-14/h3-6,9-10,16H,7-8,11H2,1-2H3. The number of hydrogen-bond donors (Lipinski definition) is 0. The summed E-state index contributed by atoms with van der Waals surface area (Å²) in [6, 6.07) is 12.5. The molecule has 0 saturated carbocycles. The second-order valence-electron chi connectivity index (χ2n) is 5.86. The first-order valence-corrected chi connectivity index (χ1v) is 7.99. The predicted octanol–water partition coefficient (Wildman–Crippen LogP) is 3.38. The van der Waals surface area contributed by atoms with Crippen LogP contribution in [0.1, 0.15) is 16.8 Å². The Balaban J connectivity index is 1.83. The van der Waals surface area contributed by atoms with Crippen molar-refractivity contribution in [3.63, 3.8) is 0 Å². The van der Waals surface area contributed by atoms with E-state index in [2.05, 4.69) is 41.0 Å². The minimum absolute atomic E-state index is 0.143. The van der Waals surface area contributed by atoms with Crippen molar-refractivity contribution in [3.8, 4) is 0 Å². The predicted molar refractivity (Wildman–Crippen MR) is 89.6 cm³/mol. The first kappa shape index (κ1) is 14.5. The molecule has 0 radical (unpaired) electrons. The number of nitrogens with zero attached hydrogens (tertiary/aromatic N) is 2. The van der Waals surface area contributed by atoms with Crippen molar-refractivity contribution in [2.75, 3.05) is 27.2 Å². The first-order chi connectivity index (χ1) is 10.0. The summed E-state index contributed by atoms with van der Waals surface area (Å²) in [6.45, 7) is 1.67. The number of hydrogen-bond acceptors (Lipinski definition) is 2. The molecule has 0 aliphatic carbocycles. The van der Waals surface area contributed by atoms with Gasteiger partial charge in [-0.05, 0) is 55.6 Å². The second-order valence-corrected chi connectivity index (χ2v) is 6.78. The van der Waals surface area contributed by atoms with Crippen LogP contribution >= 0.6 is 15.9 Å². The lowest BCUT2D eigenvalue weighted by molar-refractivity contribution is 0.0783. The fourth-order valence-electron chi connectivity index (χ4n) is 2.88. The van der Waals surface area contributed by atoms with E-state index in [1.54, 1.807) is 0 Å². The zero-order valence-electron chi connectivity index (χ0n) is 12.3. The third-order valence-corrected chi connectivity index (χ3v) is 4.72. The maximum absolute atomic E-state index is 12.6. The fourth-order valence-corrected chi connectivity index (χ4v) is 3.26. The normalized spacial score (nSPS) is 18.7. The molecule has 0 N–H and O–H groups in total. The Labute approximate surface area is 133 Å². The molecule has 1 saturated heterocycles. The summed E-state index contributed by atoms with van der Waals surface area (Å²) in [7, 11) is 4.15. The highest BCUT2D eigenvalue weighted by molar-refractivity contribution is 9.10. The van der Waals surface area contributed by atoms with Crippen LogP contribution in [0.5, 0.6) is 0 Å². The van der Waals surface area contributed by atoms with E-state index >= 15 is 0 Å². The zero-order valence-corrected chi connectivity index (χ0v) is 13.9. The Morgan fingerprint density at radius 3 is 2.62 bits per heavy atom. The first-order valence-electron chi connectivity index (χ1n) is 7.19. The number of likely N-dealkylation sites (tertiary alicyclic amines) is 1. The molecule has 1 heterocycles. The summed E-state index contributed by atoms with van der Waals surface area (Å²) < 4.78 is 1.06. The average molecular weight is 347 g/mol. The summed E-state index contributed by atoms with van der Waals surface area (Å²) in [4.78, 5) is 16.8. The van der Waals surface area contributed by atoms with Gasteiger partial charge in [-0.3, -0.25) is 4.79 Å². The summed E-state index contributed by atoms with van der Waals surface area (Å²) in [5, 5.41) is 2.25. The van der Waals surface area contributed by atoms with Crippen molar-refractivity contribution in [1.82, 2.24) is 9.80 Å². The van der Waals surface area contributed by atoms with E-state index in [4.69, 9.17) is 0 Å². The van der Waals surface area contributed by atoms with Crippen LogP contribution < -0.4 is 0 Å². The van der Waals surface area contributed by atoms with E-state index in [0.29, 0.717) is 6.04 Å². The minimum Gasteiger partial charge on any atom is -0.337 e. The molecule has 1 unspecified atom stereocenters. The smallest absolute Gasteiger partial charge is 0.253 e. The number of carbonyl (C=O) groups is 1. The van der Waals surface area contributed by atoms with Gasteiger partial charge in [0.1, 0.15) is 0 Å². The number of halogens is 1. The Morgan fingerprint density at radius 2 is 1.90 bits per heavy atom. The molecule has 2 aromatic rings. The van der Waals surface area contributed by atoms with Crippen molar-refractivity contribution < 1.29 is 4.79 Å². The lowest BCUT2D eigenvalue weighted by Gasteiger charge is -2.20. The number of amides is 1. The van der Waals surface area contributed by atoms with Crippen LogP contribution in [-0.2, 0) is 0 Å². The Kier molecular flexibility index (Phi) is 4.00. The van der Waals surface area contributed by atoms with Crippen molar-refractivity contribution in [2.45, 2.75) is 12.5 Å². The van der Waals surface area contributed by atoms with Crippen LogP contribution in [0.25, 0.3) is 10.8 Å². The van der Waals surface area contributed by atoms with Crippen molar-refractivity contribution >= 4 is 32.6 Å². The highest BCUT2D eigenvalue weighted by atomic mass is 79.9. The van der Waals surface area contributed by atoms with E-state index in [1.807, 2.05) is 35.2 Å². The Hall–Kier alpha value is -1.39. The van der Waals surface area contributed by atoms with Gasteiger partial charge in [0.2, 0.25) is 0 Å². The minimum atomic E-state index is 0.143. The molecule has 3 nitrogen and oxygen atoms in total. The number of rotatable bonds is 2. The van der Waals surface area contributed by atoms with Gasteiger partial charge < -0.3 is 9.80 Å². The molecule has 1 aliphatic heterocycles. The van der Waals surface area contributed by atoms with E-state index in [-0.39, 0.29) is 5.91 Å².